The number of aryl methyl sites for hydroxylation is 1. The summed E-state index contributed by atoms with van der Waals surface area (Å²) in [7, 11) is 0. The van der Waals surface area contributed by atoms with E-state index < -0.39 is 28.9 Å². The number of hydrogen-bond acceptors (Lipinski definition) is 7. The van der Waals surface area contributed by atoms with Gasteiger partial charge in [0.25, 0.3) is 0 Å². The molecule has 0 unspecified atom stereocenters. The van der Waals surface area contributed by atoms with E-state index in [1.165, 1.54) is 0 Å². The van der Waals surface area contributed by atoms with Crippen LogP contribution in [0.25, 0.3) is 0 Å². The molecule has 2 amide bonds. The topological polar surface area (TPSA) is 106 Å². The highest BCUT2D eigenvalue weighted by atomic mass is 16.6. The number of nitrogens with zero attached hydrogens (tertiary/aromatic N) is 2. The van der Waals surface area contributed by atoms with Crippen LogP contribution in [0.5, 0.6) is 0 Å². The molecule has 0 saturated carbocycles. The highest BCUT2D eigenvalue weighted by Crippen LogP contribution is 2.25. The molecule has 0 aromatic carbocycles. The Hall–Kier alpha value is -2.45. The van der Waals surface area contributed by atoms with Crippen molar-refractivity contribution in [3.63, 3.8) is 0 Å². The van der Waals surface area contributed by atoms with Crippen molar-refractivity contribution >= 4 is 18.0 Å². The number of likely N-dealkylation sites (tertiary alicyclic amines) is 1. The van der Waals surface area contributed by atoms with Crippen molar-refractivity contribution in [3.05, 3.63) is 11.8 Å². The number of alkyl carbamates (subject to hydrolysis) is 1. The van der Waals surface area contributed by atoms with Gasteiger partial charge in [0.2, 0.25) is 0 Å². The van der Waals surface area contributed by atoms with Crippen LogP contribution in [-0.4, -0.2) is 58.6 Å². The van der Waals surface area contributed by atoms with Crippen molar-refractivity contribution in [2.24, 2.45) is 0 Å². The Kier molecular flexibility index (Phi) is 6.15. The van der Waals surface area contributed by atoms with Gasteiger partial charge in [0.15, 0.2) is 5.82 Å². The van der Waals surface area contributed by atoms with Gasteiger partial charge in [0.05, 0.1) is 5.54 Å². The largest absolute Gasteiger partial charge is 0.444 e. The van der Waals surface area contributed by atoms with Gasteiger partial charge in [0.1, 0.15) is 17.0 Å². The number of hydrogen-bond donors (Lipinski definition) is 2. The number of carbonyl (C=O) groups excluding carboxylic acids is 2. The van der Waals surface area contributed by atoms with Gasteiger partial charge in [-0.2, -0.15) is 0 Å². The van der Waals surface area contributed by atoms with E-state index in [0.29, 0.717) is 37.6 Å². The van der Waals surface area contributed by atoms with Gasteiger partial charge in [0, 0.05) is 25.7 Å². The molecule has 1 aromatic heterocycles. The molecule has 158 valence electrons. The van der Waals surface area contributed by atoms with Crippen molar-refractivity contribution < 1.29 is 23.6 Å². The minimum atomic E-state index is -0.716. The monoisotopic (exact) mass is 396 g/mol. The standard InChI is InChI=1S/C19H32N4O5/c1-13-10-14(22-28-13)20-11-19(21-15(24)26-17(2,3)4)8-9-23(12-19)16(25)27-18(5,6)7/h10H,8-9,11-12H2,1-7H3,(H,20,22)(H,21,24)/t19-/m0/s1. The second-order valence-corrected chi connectivity index (χ2v) is 9.24. The molecule has 28 heavy (non-hydrogen) atoms. The van der Waals surface area contributed by atoms with Crippen molar-refractivity contribution in [2.75, 3.05) is 25.0 Å². The lowest BCUT2D eigenvalue weighted by Gasteiger charge is -2.32. The summed E-state index contributed by atoms with van der Waals surface area (Å²) in [5, 5.41) is 10.0. The number of anilines is 1. The average Bonchev–Trinajstić information content (AvgIpc) is 3.08. The van der Waals surface area contributed by atoms with Gasteiger partial charge >= 0.3 is 12.2 Å². The first-order chi connectivity index (χ1) is 12.8. The van der Waals surface area contributed by atoms with E-state index in [4.69, 9.17) is 14.0 Å². The number of aromatic nitrogens is 1. The summed E-state index contributed by atoms with van der Waals surface area (Å²) in [6, 6.07) is 1.77. The number of rotatable bonds is 4. The maximum absolute atomic E-state index is 12.5. The van der Waals surface area contributed by atoms with Gasteiger partial charge in [-0.1, -0.05) is 5.16 Å². The minimum Gasteiger partial charge on any atom is -0.444 e. The number of amides is 2. The molecular formula is C19H32N4O5. The fourth-order valence-electron chi connectivity index (χ4n) is 2.87. The number of ether oxygens (including phenoxy) is 2. The predicted molar refractivity (Wildman–Crippen MR) is 104 cm³/mol. The molecule has 1 fully saturated rings. The molecule has 0 bridgehead atoms. The van der Waals surface area contributed by atoms with E-state index >= 15 is 0 Å². The third-order valence-corrected chi connectivity index (χ3v) is 4.01. The summed E-state index contributed by atoms with van der Waals surface area (Å²) in [6.45, 7) is 13.8. The molecule has 0 aliphatic carbocycles. The fourth-order valence-corrected chi connectivity index (χ4v) is 2.87. The highest BCUT2D eigenvalue weighted by Gasteiger charge is 2.43. The normalized spacial score (nSPS) is 20.0. The maximum Gasteiger partial charge on any atom is 0.410 e. The lowest BCUT2D eigenvalue weighted by molar-refractivity contribution is 0.0265. The predicted octanol–water partition coefficient (Wildman–Crippen LogP) is 3.30. The minimum absolute atomic E-state index is 0.297. The van der Waals surface area contributed by atoms with Gasteiger partial charge in [-0.05, 0) is 54.9 Å². The average molecular weight is 396 g/mol. The van der Waals surface area contributed by atoms with Gasteiger partial charge in [-0.15, -0.1) is 0 Å². The Labute approximate surface area is 166 Å². The van der Waals surface area contributed by atoms with Crippen LogP contribution in [0.4, 0.5) is 15.4 Å². The number of nitrogens with one attached hydrogen (secondary N) is 2. The van der Waals surface area contributed by atoms with Crippen LogP contribution in [0.1, 0.15) is 53.7 Å². The fraction of sp³-hybridized carbons (Fsp3) is 0.737. The Morgan fingerprint density at radius 3 is 2.39 bits per heavy atom. The van der Waals surface area contributed by atoms with Crippen molar-refractivity contribution in [1.82, 2.24) is 15.4 Å². The zero-order chi connectivity index (χ0) is 21.2. The molecule has 1 aromatic rings. The summed E-state index contributed by atoms with van der Waals surface area (Å²) in [5.74, 6) is 1.25. The molecule has 0 spiro atoms. The molecule has 9 nitrogen and oxygen atoms in total. The van der Waals surface area contributed by atoms with Crippen LogP contribution in [0.2, 0.25) is 0 Å². The van der Waals surface area contributed by atoms with Gasteiger partial charge < -0.3 is 29.5 Å². The van der Waals surface area contributed by atoms with Crippen LogP contribution in [0, 0.1) is 6.92 Å². The third-order valence-electron chi connectivity index (χ3n) is 4.01. The van der Waals surface area contributed by atoms with Gasteiger partial charge in [-0.25, -0.2) is 9.59 Å². The highest BCUT2D eigenvalue weighted by molar-refractivity contribution is 5.71. The van der Waals surface area contributed by atoms with Gasteiger partial charge in [-0.3, -0.25) is 0 Å². The van der Waals surface area contributed by atoms with E-state index in [-0.39, 0.29) is 0 Å². The lowest BCUT2D eigenvalue weighted by atomic mass is 9.98. The second kappa shape index (κ2) is 7.89. The molecular weight excluding hydrogens is 364 g/mol. The molecule has 0 radical (unpaired) electrons. The SMILES string of the molecule is Cc1cc(NC[C@@]2(NC(=O)OC(C)(C)C)CCN(C(=O)OC(C)(C)C)C2)no1. The lowest BCUT2D eigenvalue weighted by Crippen LogP contribution is -2.56. The van der Waals surface area contributed by atoms with E-state index in [9.17, 15) is 9.59 Å². The zero-order valence-electron chi connectivity index (χ0n) is 17.8. The van der Waals surface area contributed by atoms with Crippen molar-refractivity contribution in [1.29, 1.82) is 0 Å². The zero-order valence-corrected chi connectivity index (χ0v) is 17.8. The first kappa shape index (κ1) is 21.8. The molecule has 2 N–H and O–H groups in total. The van der Waals surface area contributed by atoms with Crippen LogP contribution >= 0.6 is 0 Å². The summed E-state index contributed by atoms with van der Waals surface area (Å²) >= 11 is 0. The maximum atomic E-state index is 12.5. The van der Waals surface area contributed by atoms with Crippen LogP contribution < -0.4 is 10.6 Å². The molecule has 1 aliphatic heterocycles. The molecule has 2 heterocycles. The van der Waals surface area contributed by atoms with Crippen LogP contribution in [0.3, 0.4) is 0 Å². The van der Waals surface area contributed by atoms with Crippen molar-refractivity contribution in [2.45, 2.75) is 71.6 Å². The smallest absolute Gasteiger partial charge is 0.410 e. The molecule has 1 atom stereocenters. The Morgan fingerprint density at radius 1 is 1.21 bits per heavy atom. The quantitative estimate of drug-likeness (QED) is 0.804. The summed E-state index contributed by atoms with van der Waals surface area (Å²) in [5.41, 5.74) is -1.92. The van der Waals surface area contributed by atoms with E-state index in [1.807, 2.05) is 20.8 Å². The van der Waals surface area contributed by atoms with Crippen LogP contribution in [0.15, 0.2) is 10.6 Å². The first-order valence-corrected chi connectivity index (χ1v) is 9.43. The van der Waals surface area contributed by atoms with E-state index in [0.717, 1.165) is 0 Å². The van der Waals surface area contributed by atoms with E-state index in [2.05, 4.69) is 15.8 Å². The Balaban J connectivity index is 2.10. The molecule has 1 aliphatic rings. The van der Waals surface area contributed by atoms with Crippen molar-refractivity contribution in [3.8, 4) is 0 Å². The first-order valence-electron chi connectivity index (χ1n) is 9.43. The molecule has 2 rings (SSSR count). The van der Waals surface area contributed by atoms with E-state index in [1.54, 1.807) is 38.7 Å². The molecule has 1 saturated heterocycles. The van der Waals surface area contributed by atoms with Crippen LogP contribution in [-0.2, 0) is 9.47 Å². The third kappa shape index (κ3) is 6.61. The Morgan fingerprint density at radius 2 is 1.86 bits per heavy atom. The summed E-state index contributed by atoms with van der Waals surface area (Å²) < 4.78 is 15.9. The number of carbonyl (C=O) groups is 2. The molecule has 9 heteroatoms. The summed E-state index contributed by atoms with van der Waals surface area (Å²) in [4.78, 5) is 26.5. The second-order valence-electron chi connectivity index (χ2n) is 9.24. The Bertz CT molecular complexity index is 704. The summed E-state index contributed by atoms with van der Waals surface area (Å²) in [6.07, 6.45) is -0.385.